The van der Waals surface area contributed by atoms with Crippen molar-refractivity contribution in [3.63, 3.8) is 0 Å². The average Bonchev–Trinajstić information content (AvgIpc) is 2.14. The molecule has 0 fully saturated rings. The Morgan fingerprint density at radius 1 is 1.21 bits per heavy atom. The summed E-state index contributed by atoms with van der Waals surface area (Å²) in [5.41, 5.74) is 5.14. The molecule has 14 heavy (non-hydrogen) atoms. The van der Waals surface area contributed by atoms with Crippen LogP contribution in [0.3, 0.4) is 0 Å². The van der Waals surface area contributed by atoms with Crippen molar-refractivity contribution in [3.8, 4) is 0 Å². The number of carbonyl (C=O) groups is 3. The molecule has 0 radical (unpaired) electrons. The molecule has 1 unspecified atom stereocenters. The van der Waals surface area contributed by atoms with Gasteiger partial charge in [-0.1, -0.05) is 0 Å². The van der Waals surface area contributed by atoms with Gasteiger partial charge in [-0.05, 0) is 0 Å². The Kier molecular flexibility index (Phi) is 7.98. The van der Waals surface area contributed by atoms with Crippen LogP contribution in [-0.4, -0.2) is 38.0 Å². The van der Waals surface area contributed by atoms with Crippen LogP contribution in [0.2, 0.25) is 0 Å². The Labute approximate surface area is 87.1 Å². The van der Waals surface area contributed by atoms with E-state index in [9.17, 15) is 14.4 Å². The van der Waals surface area contributed by atoms with Crippen LogP contribution in [0.5, 0.6) is 0 Å². The molecule has 0 aromatic heterocycles. The van der Waals surface area contributed by atoms with Crippen LogP contribution in [0, 0.1) is 0 Å². The van der Waals surface area contributed by atoms with Crippen molar-refractivity contribution in [1.82, 2.24) is 0 Å². The number of ketones is 1. The summed E-state index contributed by atoms with van der Waals surface area (Å²) in [5.74, 6) is -2.32. The Balaban J connectivity index is 0. The first-order valence-electron chi connectivity index (χ1n) is 3.45. The van der Waals surface area contributed by atoms with E-state index in [0.29, 0.717) is 0 Å². The molecule has 82 valence electrons. The first-order valence-corrected chi connectivity index (χ1v) is 3.45. The van der Waals surface area contributed by atoms with Crippen molar-refractivity contribution in [2.75, 3.05) is 14.2 Å². The van der Waals surface area contributed by atoms with Crippen molar-refractivity contribution in [1.29, 1.82) is 0 Å². The first kappa shape index (κ1) is 15.3. The van der Waals surface area contributed by atoms with Crippen LogP contribution in [0.15, 0.2) is 0 Å². The summed E-state index contributed by atoms with van der Waals surface area (Å²) in [4.78, 5) is 32.3. The average molecular weight is 226 g/mol. The van der Waals surface area contributed by atoms with Crippen LogP contribution in [-0.2, 0) is 23.9 Å². The number of hydrogen-bond donors (Lipinski definition) is 1. The molecular weight excluding hydrogens is 214 g/mol. The van der Waals surface area contributed by atoms with Gasteiger partial charge in [0.15, 0.2) is 11.8 Å². The highest BCUT2D eigenvalue weighted by Crippen LogP contribution is 1.93. The number of hydrogen-bond acceptors (Lipinski definition) is 6. The predicted octanol–water partition coefficient (Wildman–Crippen LogP) is -0.959. The Bertz CT molecular complexity index is 230. The zero-order chi connectivity index (χ0) is 10.4. The van der Waals surface area contributed by atoms with E-state index in [1.165, 1.54) is 0 Å². The molecule has 6 nitrogen and oxygen atoms in total. The Hall–Kier alpha value is -1.14. The lowest BCUT2D eigenvalue weighted by Crippen LogP contribution is -2.40. The molecule has 2 N–H and O–H groups in total. The van der Waals surface area contributed by atoms with Gasteiger partial charge >= 0.3 is 11.9 Å². The van der Waals surface area contributed by atoms with Crippen molar-refractivity contribution < 1.29 is 23.9 Å². The van der Waals surface area contributed by atoms with E-state index >= 15 is 0 Å². The monoisotopic (exact) mass is 225 g/mol. The summed E-state index contributed by atoms with van der Waals surface area (Å²) in [6.07, 6.45) is -0.521. The van der Waals surface area contributed by atoms with E-state index in [4.69, 9.17) is 5.73 Å². The molecule has 0 aliphatic heterocycles. The second-order valence-corrected chi connectivity index (χ2v) is 2.22. The topological polar surface area (TPSA) is 95.7 Å². The number of carbonyl (C=O) groups excluding carboxylic acids is 3. The lowest BCUT2D eigenvalue weighted by Gasteiger charge is -2.06. The van der Waals surface area contributed by atoms with E-state index in [2.05, 4.69) is 9.47 Å². The second kappa shape index (κ2) is 7.28. The number of rotatable bonds is 4. The van der Waals surface area contributed by atoms with Gasteiger partial charge in [-0.25, -0.2) is 4.79 Å². The number of halogens is 1. The molecule has 0 bridgehead atoms. The molecule has 0 saturated heterocycles. The van der Waals surface area contributed by atoms with E-state index < -0.39 is 30.2 Å². The quantitative estimate of drug-likeness (QED) is 0.489. The van der Waals surface area contributed by atoms with Gasteiger partial charge < -0.3 is 15.2 Å². The highest BCUT2D eigenvalue weighted by molar-refractivity contribution is 6.08. The maximum absolute atomic E-state index is 11.0. The molecule has 0 aliphatic carbocycles. The number of Topliss-reactive ketones (excluding diaryl/α,β-unsaturated/α-hetero) is 1. The minimum Gasteiger partial charge on any atom is -0.469 e. The number of methoxy groups -OCH3 is 2. The molecule has 0 aromatic carbocycles. The Morgan fingerprint density at radius 2 is 1.71 bits per heavy atom. The molecule has 0 amide bonds. The minimum atomic E-state index is -1.41. The maximum atomic E-state index is 11.0. The van der Waals surface area contributed by atoms with Crippen LogP contribution in [0.4, 0.5) is 0 Å². The Morgan fingerprint density at radius 3 is 2.07 bits per heavy atom. The van der Waals surface area contributed by atoms with Crippen molar-refractivity contribution in [2.45, 2.75) is 12.5 Å². The molecule has 0 saturated carbocycles. The molecule has 0 aromatic rings. The minimum absolute atomic E-state index is 0. The van der Waals surface area contributed by atoms with Crippen molar-refractivity contribution >= 4 is 30.1 Å². The van der Waals surface area contributed by atoms with E-state index in [-0.39, 0.29) is 12.4 Å². The van der Waals surface area contributed by atoms with Gasteiger partial charge in [0.1, 0.15) is 6.42 Å². The van der Waals surface area contributed by atoms with Crippen molar-refractivity contribution in [2.24, 2.45) is 5.73 Å². The lowest BCUT2D eigenvalue weighted by molar-refractivity contribution is -0.147. The largest absolute Gasteiger partial charge is 0.469 e. The molecule has 7 heteroatoms. The van der Waals surface area contributed by atoms with E-state index in [1.807, 2.05) is 0 Å². The number of esters is 2. The van der Waals surface area contributed by atoms with Gasteiger partial charge in [0, 0.05) is 0 Å². The van der Waals surface area contributed by atoms with Gasteiger partial charge in [0.2, 0.25) is 0 Å². The summed E-state index contributed by atoms with van der Waals surface area (Å²) < 4.78 is 8.43. The van der Waals surface area contributed by atoms with Gasteiger partial charge in [-0.15, -0.1) is 12.4 Å². The summed E-state index contributed by atoms with van der Waals surface area (Å²) >= 11 is 0. The smallest absolute Gasteiger partial charge is 0.330 e. The maximum Gasteiger partial charge on any atom is 0.330 e. The fourth-order valence-electron chi connectivity index (χ4n) is 0.583. The molecule has 0 heterocycles. The van der Waals surface area contributed by atoms with Gasteiger partial charge in [-0.3, -0.25) is 9.59 Å². The first-order chi connectivity index (χ1) is 6.02. The van der Waals surface area contributed by atoms with Crippen LogP contribution >= 0.6 is 12.4 Å². The SMILES string of the molecule is COC(=O)CC(=O)C(N)C(=O)OC.Cl. The second-order valence-electron chi connectivity index (χ2n) is 2.22. The van der Waals surface area contributed by atoms with Gasteiger partial charge in [0.25, 0.3) is 0 Å². The van der Waals surface area contributed by atoms with Gasteiger partial charge in [-0.2, -0.15) is 0 Å². The highest BCUT2D eigenvalue weighted by atomic mass is 35.5. The predicted molar refractivity (Wildman–Crippen MR) is 48.9 cm³/mol. The third kappa shape index (κ3) is 4.78. The third-order valence-corrected chi connectivity index (χ3v) is 1.35. The van der Waals surface area contributed by atoms with Crippen LogP contribution in [0.25, 0.3) is 0 Å². The fourth-order valence-corrected chi connectivity index (χ4v) is 0.583. The van der Waals surface area contributed by atoms with E-state index in [0.717, 1.165) is 14.2 Å². The third-order valence-electron chi connectivity index (χ3n) is 1.35. The fraction of sp³-hybridized carbons (Fsp3) is 0.571. The summed E-state index contributed by atoms with van der Waals surface area (Å²) in [7, 11) is 2.24. The lowest BCUT2D eigenvalue weighted by atomic mass is 10.1. The standard InChI is InChI=1S/C7H11NO5.ClH/c1-12-5(10)3-4(9)6(8)7(11)13-2;/h6H,3,8H2,1-2H3;1H. The zero-order valence-electron chi connectivity index (χ0n) is 7.81. The van der Waals surface area contributed by atoms with Crippen molar-refractivity contribution in [3.05, 3.63) is 0 Å². The molecular formula is C7H12ClNO5. The normalized spacial score (nSPS) is 10.8. The summed E-state index contributed by atoms with van der Waals surface area (Å²) in [6.45, 7) is 0. The molecule has 0 spiro atoms. The summed E-state index contributed by atoms with van der Waals surface area (Å²) in [6, 6.07) is -1.41. The highest BCUT2D eigenvalue weighted by Gasteiger charge is 2.24. The van der Waals surface area contributed by atoms with E-state index in [1.54, 1.807) is 0 Å². The van der Waals surface area contributed by atoms with Gasteiger partial charge in [0.05, 0.1) is 14.2 Å². The molecule has 0 aliphatic rings. The van der Waals surface area contributed by atoms with Crippen LogP contribution < -0.4 is 5.73 Å². The molecule has 0 rings (SSSR count). The molecule has 1 atom stereocenters. The number of ether oxygens (including phenoxy) is 2. The summed E-state index contributed by atoms with van der Waals surface area (Å²) in [5, 5.41) is 0. The van der Waals surface area contributed by atoms with Crippen LogP contribution in [0.1, 0.15) is 6.42 Å². The number of nitrogens with two attached hydrogens (primary N) is 1. The zero-order valence-corrected chi connectivity index (χ0v) is 8.63.